The molecule has 0 amide bonds. The Kier molecular flexibility index (Phi) is 4.39. The molecule has 0 saturated carbocycles. The second kappa shape index (κ2) is 6.04. The Morgan fingerprint density at radius 1 is 1.47 bits per heavy atom. The quantitative estimate of drug-likeness (QED) is 0.503. The predicted molar refractivity (Wildman–Crippen MR) is 73.4 cm³/mol. The number of nitrogens with zero attached hydrogens (tertiary/aromatic N) is 5. The maximum absolute atomic E-state index is 12.1. The second-order valence-corrected chi connectivity index (χ2v) is 6.24. The van der Waals surface area contributed by atoms with Crippen LogP contribution in [0, 0.1) is 6.92 Å². The lowest BCUT2D eigenvalue weighted by Gasteiger charge is -1.97. The van der Waals surface area contributed by atoms with Crippen LogP contribution < -0.4 is 5.73 Å². The molecule has 0 saturated heterocycles. The lowest BCUT2D eigenvalue weighted by atomic mass is 10.4. The van der Waals surface area contributed by atoms with Crippen LogP contribution in [0.3, 0.4) is 0 Å². The van der Waals surface area contributed by atoms with E-state index in [1.807, 2.05) is 0 Å². The zero-order valence-electron chi connectivity index (χ0n) is 9.85. The molecule has 0 aromatic carbocycles. The predicted octanol–water partition coefficient (Wildman–Crippen LogP) is 0.950. The summed E-state index contributed by atoms with van der Waals surface area (Å²) >= 11 is 3.19. The Balaban J connectivity index is 2.20. The van der Waals surface area contributed by atoms with Gasteiger partial charge in [0.15, 0.2) is 9.47 Å². The van der Waals surface area contributed by atoms with Crippen LogP contribution in [-0.2, 0) is 9.63 Å². The summed E-state index contributed by atoms with van der Waals surface area (Å²) in [4.78, 5) is 20.6. The van der Waals surface area contributed by atoms with Gasteiger partial charge in [-0.25, -0.2) is 0 Å². The summed E-state index contributed by atoms with van der Waals surface area (Å²) in [6.07, 6.45) is 0. The van der Waals surface area contributed by atoms with Crippen molar-refractivity contribution >= 4 is 50.6 Å². The molecular weight excluding hydrogens is 308 g/mol. The highest BCUT2D eigenvalue weighted by Crippen LogP contribution is 2.24. The van der Waals surface area contributed by atoms with Crippen molar-refractivity contribution in [1.29, 1.82) is 0 Å². The number of carbonyl (C=O) groups is 1. The molecule has 0 aliphatic heterocycles. The van der Waals surface area contributed by atoms with Crippen LogP contribution in [0.15, 0.2) is 9.50 Å². The van der Waals surface area contributed by atoms with Crippen LogP contribution in [0.2, 0.25) is 0 Å². The zero-order chi connectivity index (χ0) is 13.8. The van der Waals surface area contributed by atoms with Gasteiger partial charge in [-0.1, -0.05) is 16.5 Å². The van der Waals surface area contributed by atoms with Crippen molar-refractivity contribution in [3.05, 3.63) is 10.8 Å². The maximum Gasteiger partial charge on any atom is 0.252 e. The summed E-state index contributed by atoms with van der Waals surface area (Å²) in [6, 6.07) is 0. The van der Waals surface area contributed by atoms with Crippen LogP contribution in [0.25, 0.3) is 0 Å². The molecule has 2 aromatic rings. The van der Waals surface area contributed by atoms with Gasteiger partial charge >= 0.3 is 0 Å². The fourth-order valence-electron chi connectivity index (χ4n) is 1.04. The standard InChI is InChI=1S/C8H8N6O2S3/c1-3-11-12-8(17-3)18-6(15)4(13-16-2)5-10-7(9)19-14-5/h1-2H3,(H2,9,10,14)/b13-4-. The van der Waals surface area contributed by atoms with Gasteiger partial charge in [0.05, 0.1) is 0 Å². The molecule has 2 N–H and O–H groups in total. The van der Waals surface area contributed by atoms with Gasteiger partial charge in [0.25, 0.3) is 5.12 Å². The number of anilines is 1. The fourth-order valence-corrected chi connectivity index (χ4v) is 3.11. The third-order valence-electron chi connectivity index (χ3n) is 1.72. The first-order valence-electron chi connectivity index (χ1n) is 4.83. The Morgan fingerprint density at radius 3 is 2.79 bits per heavy atom. The number of hydrogen-bond donors (Lipinski definition) is 1. The van der Waals surface area contributed by atoms with Crippen molar-refractivity contribution in [3.8, 4) is 0 Å². The zero-order valence-corrected chi connectivity index (χ0v) is 12.3. The maximum atomic E-state index is 12.1. The van der Waals surface area contributed by atoms with Crippen molar-refractivity contribution < 1.29 is 9.63 Å². The number of carbonyl (C=O) groups excluding carboxylic acids is 1. The first kappa shape index (κ1) is 13.8. The largest absolute Gasteiger partial charge is 0.398 e. The molecule has 0 spiro atoms. The summed E-state index contributed by atoms with van der Waals surface area (Å²) < 4.78 is 4.45. The summed E-state index contributed by atoms with van der Waals surface area (Å²) in [6.45, 7) is 1.80. The van der Waals surface area contributed by atoms with E-state index in [1.54, 1.807) is 6.92 Å². The normalized spacial score (nSPS) is 11.6. The molecule has 100 valence electrons. The van der Waals surface area contributed by atoms with Crippen molar-refractivity contribution in [2.24, 2.45) is 5.16 Å². The number of oxime groups is 1. The summed E-state index contributed by atoms with van der Waals surface area (Å²) in [5.74, 6) is 0.142. The summed E-state index contributed by atoms with van der Waals surface area (Å²) in [5.41, 5.74) is 5.47. The van der Waals surface area contributed by atoms with E-state index < -0.39 is 0 Å². The number of thioether (sulfide) groups is 1. The van der Waals surface area contributed by atoms with E-state index in [0.717, 1.165) is 28.3 Å². The number of aromatic nitrogens is 4. The van der Waals surface area contributed by atoms with E-state index >= 15 is 0 Å². The van der Waals surface area contributed by atoms with E-state index in [9.17, 15) is 4.79 Å². The molecule has 0 radical (unpaired) electrons. The van der Waals surface area contributed by atoms with Gasteiger partial charge in [-0.15, -0.1) is 10.2 Å². The molecule has 0 bridgehead atoms. The van der Waals surface area contributed by atoms with Gasteiger partial charge < -0.3 is 10.6 Å². The Hall–Kier alpha value is -1.59. The van der Waals surface area contributed by atoms with E-state index in [4.69, 9.17) is 5.73 Å². The molecule has 0 atom stereocenters. The fraction of sp³-hybridized carbons (Fsp3) is 0.250. The lowest BCUT2D eigenvalue weighted by molar-refractivity contribution is -0.105. The molecule has 2 aromatic heterocycles. The van der Waals surface area contributed by atoms with Gasteiger partial charge in [0.2, 0.25) is 11.5 Å². The van der Waals surface area contributed by atoms with Crippen molar-refractivity contribution in [2.45, 2.75) is 11.3 Å². The smallest absolute Gasteiger partial charge is 0.252 e. The minimum absolute atomic E-state index is 0.00620. The molecule has 8 nitrogen and oxygen atoms in total. The monoisotopic (exact) mass is 316 g/mol. The van der Waals surface area contributed by atoms with E-state index in [1.165, 1.54) is 18.4 Å². The van der Waals surface area contributed by atoms with Crippen LogP contribution in [0.5, 0.6) is 0 Å². The second-order valence-electron chi connectivity index (χ2n) is 3.06. The third kappa shape index (κ3) is 3.45. The highest BCUT2D eigenvalue weighted by molar-refractivity contribution is 8.16. The van der Waals surface area contributed by atoms with Gasteiger partial charge in [-0.3, -0.25) is 4.79 Å². The Labute approximate surface area is 120 Å². The molecule has 0 fully saturated rings. The number of rotatable bonds is 4. The van der Waals surface area contributed by atoms with E-state index in [-0.39, 0.29) is 21.8 Å². The first-order valence-corrected chi connectivity index (χ1v) is 7.23. The number of nitrogen functional groups attached to an aromatic ring is 1. The molecular formula is C8H8N6O2S3. The molecule has 11 heteroatoms. The minimum atomic E-state index is -0.379. The molecule has 19 heavy (non-hydrogen) atoms. The topological polar surface area (TPSA) is 116 Å². The average molecular weight is 316 g/mol. The van der Waals surface area contributed by atoms with Crippen LogP contribution >= 0.6 is 34.6 Å². The molecule has 2 rings (SSSR count). The van der Waals surface area contributed by atoms with Gasteiger partial charge in [-0.05, 0) is 18.7 Å². The summed E-state index contributed by atoms with van der Waals surface area (Å²) in [7, 11) is 1.34. The van der Waals surface area contributed by atoms with Crippen LogP contribution in [0.1, 0.15) is 10.8 Å². The highest BCUT2D eigenvalue weighted by Gasteiger charge is 2.22. The number of aryl methyl sites for hydroxylation is 1. The molecule has 2 heterocycles. The highest BCUT2D eigenvalue weighted by atomic mass is 32.2. The van der Waals surface area contributed by atoms with Crippen molar-refractivity contribution in [1.82, 2.24) is 19.6 Å². The minimum Gasteiger partial charge on any atom is -0.398 e. The van der Waals surface area contributed by atoms with Crippen LogP contribution in [-0.4, -0.2) is 37.5 Å². The van der Waals surface area contributed by atoms with Crippen molar-refractivity contribution in [3.63, 3.8) is 0 Å². The van der Waals surface area contributed by atoms with Gasteiger partial charge in [0, 0.05) is 11.5 Å². The third-order valence-corrected chi connectivity index (χ3v) is 4.03. The molecule has 0 aliphatic rings. The van der Waals surface area contributed by atoms with Gasteiger partial charge in [-0.2, -0.15) is 9.36 Å². The Morgan fingerprint density at radius 2 is 2.26 bits per heavy atom. The average Bonchev–Trinajstić information content (AvgIpc) is 2.95. The van der Waals surface area contributed by atoms with E-state index in [2.05, 4.69) is 29.5 Å². The summed E-state index contributed by atoms with van der Waals surface area (Å²) in [5, 5.41) is 12.0. The number of nitrogens with two attached hydrogens (primary N) is 1. The van der Waals surface area contributed by atoms with Crippen molar-refractivity contribution in [2.75, 3.05) is 12.8 Å². The van der Waals surface area contributed by atoms with Gasteiger partial charge in [0.1, 0.15) is 12.1 Å². The first-order chi connectivity index (χ1) is 9.10. The van der Waals surface area contributed by atoms with E-state index in [0.29, 0.717) is 4.34 Å². The number of hydrogen-bond acceptors (Lipinski definition) is 11. The molecule has 0 unspecified atom stereocenters. The molecule has 0 aliphatic carbocycles. The lowest BCUT2D eigenvalue weighted by Crippen LogP contribution is -2.14. The SMILES string of the molecule is CO/N=C(\C(=O)Sc1nnc(C)s1)c1nsc(N)n1. The van der Waals surface area contributed by atoms with Crippen LogP contribution in [0.4, 0.5) is 5.13 Å². The Bertz CT molecular complexity index is 622.